The third kappa shape index (κ3) is 6.70. The van der Waals surface area contributed by atoms with Crippen LogP contribution in [0, 0.1) is 11.2 Å². The van der Waals surface area contributed by atoms with Gasteiger partial charge in [-0.1, -0.05) is 62.7 Å². The molecule has 0 bridgehead atoms. The van der Waals surface area contributed by atoms with Crippen molar-refractivity contribution in [2.75, 3.05) is 36.4 Å². The molecule has 0 aliphatic carbocycles. The van der Waals surface area contributed by atoms with Crippen molar-refractivity contribution in [3.05, 3.63) is 76.8 Å². The number of aromatic nitrogens is 4. The summed E-state index contributed by atoms with van der Waals surface area (Å²) < 4.78 is 15.4. The first-order chi connectivity index (χ1) is 19.2. The minimum atomic E-state index is -0.273. The van der Waals surface area contributed by atoms with E-state index in [2.05, 4.69) is 36.0 Å². The van der Waals surface area contributed by atoms with Crippen LogP contribution >= 0.6 is 11.6 Å². The van der Waals surface area contributed by atoms with E-state index in [-0.39, 0.29) is 17.1 Å². The van der Waals surface area contributed by atoms with Crippen LogP contribution in [-0.2, 0) is 17.9 Å². The molecule has 5 rings (SSSR count). The molecule has 3 heterocycles. The number of hydrogen-bond donors (Lipinski definition) is 1. The van der Waals surface area contributed by atoms with Crippen LogP contribution in [0.5, 0.6) is 0 Å². The number of hydrogen-bond acceptors (Lipinski definition) is 6. The lowest BCUT2D eigenvalue weighted by atomic mass is 9.91. The number of imidazole rings is 1. The van der Waals surface area contributed by atoms with E-state index in [0.29, 0.717) is 67.1 Å². The van der Waals surface area contributed by atoms with Crippen LogP contribution in [0.2, 0.25) is 5.02 Å². The number of nitrogens with one attached hydrogen (secondary N) is 1. The SMILES string of the molecule is CC(C)(C)CC(=O)N1CCCN(c2nc(NCc3ccc(F)cc3)c3ncn(Cc4ccccc4Cl)c3n2)CC1. The van der Waals surface area contributed by atoms with Crippen LogP contribution < -0.4 is 10.2 Å². The molecule has 0 unspecified atom stereocenters. The third-order valence-electron chi connectivity index (χ3n) is 6.94. The fraction of sp³-hybridized carbons (Fsp3) is 0.400. The minimum Gasteiger partial charge on any atom is -0.364 e. The fourth-order valence-electron chi connectivity index (χ4n) is 4.84. The molecule has 4 aromatic rings. The maximum Gasteiger partial charge on any atom is 0.229 e. The van der Waals surface area contributed by atoms with Gasteiger partial charge in [0.2, 0.25) is 11.9 Å². The highest BCUT2D eigenvalue weighted by Gasteiger charge is 2.25. The molecular weight excluding hydrogens is 529 g/mol. The molecule has 2 aromatic carbocycles. The number of anilines is 2. The van der Waals surface area contributed by atoms with Crippen molar-refractivity contribution in [1.29, 1.82) is 0 Å². The monoisotopic (exact) mass is 563 g/mol. The van der Waals surface area contributed by atoms with E-state index < -0.39 is 0 Å². The Morgan fingerprint density at radius 3 is 2.55 bits per heavy atom. The van der Waals surface area contributed by atoms with Gasteiger partial charge in [0, 0.05) is 44.2 Å². The van der Waals surface area contributed by atoms with E-state index in [1.54, 1.807) is 18.5 Å². The smallest absolute Gasteiger partial charge is 0.229 e. The van der Waals surface area contributed by atoms with Gasteiger partial charge in [-0.05, 0) is 41.2 Å². The van der Waals surface area contributed by atoms with Gasteiger partial charge in [-0.2, -0.15) is 9.97 Å². The molecule has 2 aromatic heterocycles. The average Bonchev–Trinajstić information content (AvgIpc) is 3.14. The summed E-state index contributed by atoms with van der Waals surface area (Å²) in [7, 11) is 0. The normalized spacial score (nSPS) is 14.4. The van der Waals surface area contributed by atoms with Gasteiger partial charge in [-0.15, -0.1) is 0 Å². The Kier molecular flexibility index (Phi) is 8.21. The second-order valence-corrected chi connectivity index (χ2v) is 11.9. The fourth-order valence-corrected chi connectivity index (χ4v) is 5.04. The molecule has 1 fully saturated rings. The average molecular weight is 564 g/mol. The topological polar surface area (TPSA) is 79.2 Å². The molecule has 10 heteroatoms. The number of carbonyl (C=O) groups excluding carboxylic acids is 1. The Labute approximate surface area is 239 Å². The highest BCUT2D eigenvalue weighted by molar-refractivity contribution is 6.31. The second kappa shape index (κ2) is 11.8. The minimum absolute atomic E-state index is 0.0532. The Hall–Kier alpha value is -3.72. The lowest BCUT2D eigenvalue weighted by Gasteiger charge is -2.26. The molecule has 8 nitrogen and oxygen atoms in total. The zero-order valence-corrected chi connectivity index (χ0v) is 24.0. The molecule has 1 saturated heterocycles. The summed E-state index contributed by atoms with van der Waals surface area (Å²) in [5.41, 5.74) is 3.17. The number of rotatable bonds is 7. The van der Waals surface area contributed by atoms with E-state index in [0.717, 1.165) is 24.1 Å². The summed E-state index contributed by atoms with van der Waals surface area (Å²) in [6.07, 6.45) is 3.10. The second-order valence-electron chi connectivity index (χ2n) is 11.4. The van der Waals surface area contributed by atoms with Gasteiger partial charge in [0.25, 0.3) is 0 Å². The predicted molar refractivity (Wildman–Crippen MR) is 157 cm³/mol. The van der Waals surface area contributed by atoms with Gasteiger partial charge in [0.15, 0.2) is 17.0 Å². The van der Waals surface area contributed by atoms with Crippen LogP contribution in [-0.4, -0.2) is 56.5 Å². The van der Waals surface area contributed by atoms with Crippen LogP contribution in [0.15, 0.2) is 54.9 Å². The van der Waals surface area contributed by atoms with Gasteiger partial charge in [-0.3, -0.25) is 4.79 Å². The summed E-state index contributed by atoms with van der Waals surface area (Å²) in [4.78, 5) is 31.5. The summed E-state index contributed by atoms with van der Waals surface area (Å²) in [5.74, 6) is 1.10. The summed E-state index contributed by atoms with van der Waals surface area (Å²) in [5, 5.41) is 4.07. The van der Waals surface area contributed by atoms with Crippen LogP contribution in [0.1, 0.15) is 44.7 Å². The molecule has 1 aliphatic heterocycles. The molecule has 0 saturated carbocycles. The third-order valence-corrected chi connectivity index (χ3v) is 7.31. The molecule has 210 valence electrons. The van der Waals surface area contributed by atoms with Crippen molar-refractivity contribution in [1.82, 2.24) is 24.4 Å². The van der Waals surface area contributed by atoms with Crippen LogP contribution in [0.4, 0.5) is 16.2 Å². The van der Waals surface area contributed by atoms with Crippen molar-refractivity contribution in [3.63, 3.8) is 0 Å². The van der Waals surface area contributed by atoms with Gasteiger partial charge < -0.3 is 19.7 Å². The quantitative estimate of drug-likeness (QED) is 0.308. The van der Waals surface area contributed by atoms with Crippen molar-refractivity contribution >= 4 is 40.4 Å². The first kappa shape index (κ1) is 27.8. The maximum atomic E-state index is 13.4. The maximum absolute atomic E-state index is 13.4. The summed E-state index contributed by atoms with van der Waals surface area (Å²) >= 11 is 6.46. The predicted octanol–water partition coefficient (Wildman–Crippen LogP) is 5.75. The molecule has 0 spiro atoms. The lowest BCUT2D eigenvalue weighted by molar-refractivity contribution is -0.132. The highest BCUT2D eigenvalue weighted by atomic mass is 35.5. The Morgan fingerprint density at radius 2 is 1.80 bits per heavy atom. The van der Waals surface area contributed by atoms with Gasteiger partial charge in [0.05, 0.1) is 12.9 Å². The van der Waals surface area contributed by atoms with Gasteiger partial charge in [0.1, 0.15) is 5.82 Å². The largest absolute Gasteiger partial charge is 0.364 e. The lowest BCUT2D eigenvalue weighted by Crippen LogP contribution is -2.37. The number of fused-ring (bicyclic) bond motifs is 1. The summed E-state index contributed by atoms with van der Waals surface area (Å²) in [6, 6.07) is 14.1. The number of amides is 1. The van der Waals surface area contributed by atoms with Crippen molar-refractivity contribution in [3.8, 4) is 0 Å². The zero-order chi connectivity index (χ0) is 28.3. The number of carbonyl (C=O) groups is 1. The Bertz CT molecular complexity index is 1480. The number of halogens is 2. The van der Waals surface area contributed by atoms with Crippen molar-refractivity contribution < 1.29 is 9.18 Å². The van der Waals surface area contributed by atoms with Gasteiger partial charge >= 0.3 is 0 Å². The Balaban J connectivity index is 1.44. The van der Waals surface area contributed by atoms with Gasteiger partial charge in [-0.25, -0.2) is 9.37 Å². The van der Waals surface area contributed by atoms with E-state index in [4.69, 9.17) is 21.6 Å². The molecule has 1 amide bonds. The molecule has 40 heavy (non-hydrogen) atoms. The van der Waals surface area contributed by atoms with E-state index in [9.17, 15) is 9.18 Å². The molecule has 0 radical (unpaired) electrons. The summed E-state index contributed by atoms with van der Waals surface area (Å²) in [6.45, 7) is 9.94. The van der Waals surface area contributed by atoms with Crippen LogP contribution in [0.3, 0.4) is 0 Å². The van der Waals surface area contributed by atoms with E-state index in [1.807, 2.05) is 33.7 Å². The van der Waals surface area contributed by atoms with Crippen molar-refractivity contribution in [2.45, 2.75) is 46.7 Å². The molecular formula is C30H35ClFN7O. The first-order valence-corrected chi connectivity index (χ1v) is 14.0. The van der Waals surface area contributed by atoms with Crippen molar-refractivity contribution in [2.24, 2.45) is 5.41 Å². The highest BCUT2D eigenvalue weighted by Crippen LogP contribution is 2.26. The number of nitrogens with zero attached hydrogens (tertiary/aromatic N) is 6. The van der Waals surface area contributed by atoms with Crippen LogP contribution in [0.25, 0.3) is 11.2 Å². The standard InChI is InChI=1S/C30H35ClFN7O/c1-30(2,3)17-25(40)37-13-6-14-38(16-15-37)29-35-27(33-18-21-9-11-23(32)12-10-21)26-28(36-29)39(20-34-26)19-22-7-4-5-8-24(22)31/h4-5,7-12,20H,6,13-19H2,1-3H3,(H,33,35,36). The first-order valence-electron chi connectivity index (χ1n) is 13.6. The molecule has 1 aliphatic rings. The zero-order valence-electron chi connectivity index (χ0n) is 23.2. The van der Waals surface area contributed by atoms with E-state index >= 15 is 0 Å². The Morgan fingerprint density at radius 1 is 1.02 bits per heavy atom. The van der Waals surface area contributed by atoms with E-state index in [1.165, 1.54) is 12.1 Å². The molecule has 1 N–H and O–H groups in total. The number of benzene rings is 2. The molecule has 0 atom stereocenters.